The minimum atomic E-state index is 0.406. The van der Waals surface area contributed by atoms with Crippen molar-refractivity contribution in [1.82, 2.24) is 0 Å². The average molecular weight is 159 g/mol. The number of halogens is 1. The van der Waals surface area contributed by atoms with Crippen molar-refractivity contribution in [2.24, 2.45) is 5.92 Å². The molecule has 0 aromatic carbocycles. The van der Waals surface area contributed by atoms with E-state index >= 15 is 0 Å². The van der Waals surface area contributed by atoms with Crippen LogP contribution in [0.15, 0.2) is 11.6 Å². The molecule has 1 saturated carbocycles. The third-order valence-electron chi connectivity index (χ3n) is 1.68. The van der Waals surface area contributed by atoms with Crippen LogP contribution in [0.25, 0.3) is 0 Å². The minimum Gasteiger partial charge on any atom is -0.299 e. The zero-order valence-corrected chi connectivity index (χ0v) is 6.60. The average Bonchev–Trinajstić information content (AvgIpc) is 2.69. The number of Topliss-reactive ketones (excluding diaryl/α,β-unsaturated/α-hetero) is 1. The molecule has 0 atom stereocenters. The molecule has 0 spiro atoms. The Balaban J connectivity index is 2.06. The molecule has 56 valence electrons. The molecule has 0 radical (unpaired) electrons. The summed E-state index contributed by atoms with van der Waals surface area (Å²) in [6.45, 7) is 0. The Kier molecular flexibility index (Phi) is 2.94. The van der Waals surface area contributed by atoms with Crippen molar-refractivity contribution >= 4 is 17.4 Å². The van der Waals surface area contributed by atoms with Crippen molar-refractivity contribution in [1.29, 1.82) is 0 Å². The van der Waals surface area contributed by atoms with Crippen molar-refractivity contribution in [2.75, 3.05) is 0 Å². The number of allylic oxidation sites excluding steroid dienone is 1. The van der Waals surface area contributed by atoms with Crippen LogP contribution in [0.2, 0.25) is 0 Å². The molecule has 0 unspecified atom stereocenters. The van der Waals surface area contributed by atoms with Gasteiger partial charge in [-0.15, -0.1) is 0 Å². The highest BCUT2D eigenvalue weighted by Gasteiger charge is 2.28. The lowest BCUT2D eigenvalue weighted by Crippen LogP contribution is -1.97. The third-order valence-corrected chi connectivity index (χ3v) is 1.86. The van der Waals surface area contributed by atoms with Crippen molar-refractivity contribution in [3.05, 3.63) is 11.6 Å². The zero-order chi connectivity index (χ0) is 7.40. The summed E-state index contributed by atoms with van der Waals surface area (Å²) in [5, 5.41) is 0. The molecule has 0 aromatic heterocycles. The fraction of sp³-hybridized carbons (Fsp3) is 0.625. The van der Waals surface area contributed by atoms with Gasteiger partial charge in [-0.25, -0.2) is 0 Å². The standard InChI is InChI=1S/C8H11ClO/c9-6-2-1-3-8(10)7-4-5-7/h2,6-7H,1,3-5H2/b6-2+. The van der Waals surface area contributed by atoms with Gasteiger partial charge < -0.3 is 0 Å². The Labute approximate surface area is 66.1 Å². The number of hydrogen-bond acceptors (Lipinski definition) is 1. The molecular weight excluding hydrogens is 148 g/mol. The topological polar surface area (TPSA) is 17.1 Å². The van der Waals surface area contributed by atoms with E-state index in [1.807, 2.05) is 6.08 Å². The summed E-state index contributed by atoms with van der Waals surface area (Å²) in [5.74, 6) is 0.818. The summed E-state index contributed by atoms with van der Waals surface area (Å²) >= 11 is 5.29. The van der Waals surface area contributed by atoms with Crippen LogP contribution >= 0.6 is 11.6 Å². The molecular formula is C8H11ClO. The highest BCUT2D eigenvalue weighted by atomic mass is 35.5. The van der Waals surface area contributed by atoms with Crippen LogP contribution in [0.4, 0.5) is 0 Å². The molecule has 0 bridgehead atoms. The van der Waals surface area contributed by atoms with Crippen LogP contribution in [0, 0.1) is 5.92 Å². The Morgan fingerprint density at radius 3 is 2.80 bits per heavy atom. The molecule has 10 heavy (non-hydrogen) atoms. The molecule has 1 aliphatic carbocycles. The summed E-state index contributed by atoms with van der Waals surface area (Å²) in [6, 6.07) is 0. The molecule has 1 aliphatic rings. The van der Waals surface area contributed by atoms with Crippen LogP contribution < -0.4 is 0 Å². The monoisotopic (exact) mass is 158 g/mol. The predicted molar refractivity (Wildman–Crippen MR) is 42.0 cm³/mol. The van der Waals surface area contributed by atoms with E-state index in [1.54, 1.807) is 0 Å². The van der Waals surface area contributed by atoms with Gasteiger partial charge in [0.15, 0.2) is 0 Å². The van der Waals surface area contributed by atoms with Gasteiger partial charge >= 0.3 is 0 Å². The normalized spacial score (nSPS) is 18.1. The predicted octanol–water partition coefficient (Wildman–Crippen LogP) is 2.50. The number of rotatable bonds is 4. The van der Waals surface area contributed by atoms with Gasteiger partial charge in [0, 0.05) is 17.9 Å². The molecule has 2 heteroatoms. The molecule has 1 rings (SSSR count). The smallest absolute Gasteiger partial charge is 0.136 e. The van der Waals surface area contributed by atoms with Crippen molar-refractivity contribution in [3.8, 4) is 0 Å². The van der Waals surface area contributed by atoms with Gasteiger partial charge in [-0.2, -0.15) is 0 Å². The van der Waals surface area contributed by atoms with Gasteiger partial charge in [0.1, 0.15) is 5.78 Å². The van der Waals surface area contributed by atoms with E-state index in [0.717, 1.165) is 19.3 Å². The first-order chi connectivity index (χ1) is 4.84. The number of ketones is 1. The molecule has 0 amide bonds. The van der Waals surface area contributed by atoms with Crippen LogP contribution in [0.5, 0.6) is 0 Å². The zero-order valence-electron chi connectivity index (χ0n) is 5.85. The SMILES string of the molecule is O=C(CC/C=C/Cl)C1CC1. The number of hydrogen-bond donors (Lipinski definition) is 0. The molecule has 1 fully saturated rings. The maximum atomic E-state index is 11.0. The summed E-state index contributed by atoms with van der Waals surface area (Å²) < 4.78 is 0. The Morgan fingerprint density at radius 2 is 2.30 bits per heavy atom. The molecule has 0 aliphatic heterocycles. The van der Waals surface area contributed by atoms with Gasteiger partial charge in [0.05, 0.1) is 0 Å². The first-order valence-corrected chi connectivity index (χ1v) is 4.06. The lowest BCUT2D eigenvalue weighted by atomic mass is 10.1. The Bertz CT molecular complexity index is 147. The van der Waals surface area contributed by atoms with Crippen molar-refractivity contribution in [2.45, 2.75) is 25.7 Å². The maximum absolute atomic E-state index is 11.0. The third kappa shape index (κ3) is 2.53. The van der Waals surface area contributed by atoms with Gasteiger partial charge in [-0.3, -0.25) is 4.79 Å². The fourth-order valence-corrected chi connectivity index (χ4v) is 1.02. The Morgan fingerprint density at radius 1 is 1.60 bits per heavy atom. The van der Waals surface area contributed by atoms with Gasteiger partial charge in [-0.1, -0.05) is 17.7 Å². The lowest BCUT2D eigenvalue weighted by Gasteiger charge is -1.91. The van der Waals surface area contributed by atoms with E-state index in [-0.39, 0.29) is 0 Å². The van der Waals surface area contributed by atoms with E-state index in [1.165, 1.54) is 5.54 Å². The van der Waals surface area contributed by atoms with E-state index in [4.69, 9.17) is 11.6 Å². The van der Waals surface area contributed by atoms with Crippen molar-refractivity contribution in [3.63, 3.8) is 0 Å². The number of carbonyl (C=O) groups excluding carboxylic acids is 1. The van der Waals surface area contributed by atoms with Crippen LogP contribution in [0.1, 0.15) is 25.7 Å². The highest BCUT2D eigenvalue weighted by Crippen LogP contribution is 2.31. The maximum Gasteiger partial charge on any atom is 0.136 e. The summed E-state index contributed by atoms with van der Waals surface area (Å²) in [4.78, 5) is 11.0. The second kappa shape index (κ2) is 3.77. The highest BCUT2D eigenvalue weighted by molar-refractivity contribution is 6.25. The van der Waals surface area contributed by atoms with Crippen molar-refractivity contribution < 1.29 is 4.79 Å². The van der Waals surface area contributed by atoms with Crippen LogP contribution in [-0.2, 0) is 4.79 Å². The fourth-order valence-electron chi connectivity index (χ4n) is 0.898. The van der Waals surface area contributed by atoms with Gasteiger partial charge in [0.2, 0.25) is 0 Å². The van der Waals surface area contributed by atoms with E-state index in [0.29, 0.717) is 18.1 Å². The quantitative estimate of drug-likeness (QED) is 0.615. The minimum absolute atomic E-state index is 0.406. The summed E-state index contributed by atoms with van der Waals surface area (Å²) in [6.07, 6.45) is 5.53. The molecule has 0 saturated heterocycles. The van der Waals surface area contributed by atoms with E-state index in [2.05, 4.69) is 0 Å². The summed E-state index contributed by atoms with van der Waals surface area (Å²) in [5.41, 5.74) is 1.47. The first kappa shape index (κ1) is 7.80. The molecule has 0 aromatic rings. The second-order valence-electron chi connectivity index (χ2n) is 2.64. The van der Waals surface area contributed by atoms with E-state index < -0.39 is 0 Å². The Hall–Kier alpha value is -0.300. The molecule has 0 N–H and O–H groups in total. The first-order valence-electron chi connectivity index (χ1n) is 3.62. The van der Waals surface area contributed by atoms with Gasteiger partial charge in [0.25, 0.3) is 0 Å². The molecule has 0 heterocycles. The van der Waals surface area contributed by atoms with Gasteiger partial charge in [-0.05, 0) is 19.3 Å². The van der Waals surface area contributed by atoms with E-state index in [9.17, 15) is 4.79 Å². The summed E-state index contributed by atoms with van der Waals surface area (Å²) in [7, 11) is 0. The lowest BCUT2D eigenvalue weighted by molar-refractivity contribution is -0.120. The van der Waals surface area contributed by atoms with Crippen LogP contribution in [0.3, 0.4) is 0 Å². The largest absolute Gasteiger partial charge is 0.299 e. The molecule has 1 nitrogen and oxygen atoms in total. The van der Waals surface area contributed by atoms with Crippen LogP contribution in [-0.4, -0.2) is 5.78 Å². The second-order valence-corrected chi connectivity index (χ2v) is 2.89. The number of carbonyl (C=O) groups is 1.